The van der Waals surface area contributed by atoms with Gasteiger partial charge in [0.05, 0.1) is 80.7 Å². The van der Waals surface area contributed by atoms with Crippen LogP contribution in [0.2, 0.25) is 0 Å². The molecule has 97 heavy (non-hydrogen) atoms. The maximum Gasteiger partial charge on any atom is 0.317 e. The van der Waals surface area contributed by atoms with Gasteiger partial charge in [-0.3, -0.25) is 14.4 Å². The minimum absolute atomic E-state index is 0.0704. The van der Waals surface area contributed by atoms with Crippen molar-refractivity contribution in [1.29, 1.82) is 0 Å². The van der Waals surface area contributed by atoms with E-state index in [-0.39, 0.29) is 54.8 Å². The number of fused-ring (bicyclic) bond motifs is 1. The molecule has 15 unspecified atom stereocenters. The summed E-state index contributed by atoms with van der Waals surface area (Å²) in [4.78, 5) is 56.4. The largest absolute Gasteiger partial charge is 0.432 e. The lowest BCUT2D eigenvalue weighted by molar-refractivity contribution is -0.370. The van der Waals surface area contributed by atoms with Gasteiger partial charge in [0.1, 0.15) is 78.8 Å². The number of aliphatic hydroxyl groups excluding tert-OH is 14. The Kier molecular flexibility index (Phi) is 26.2. The molecule has 558 valence electrons. The molecule has 4 aliphatic heterocycles. The third kappa shape index (κ3) is 14.8. The Hall–Kier alpha value is -3.02. The van der Waals surface area contributed by atoms with E-state index >= 15 is 4.79 Å². The summed E-state index contributed by atoms with van der Waals surface area (Å²) < 4.78 is 47.9. The molecule has 0 aromatic carbocycles. The first-order valence-electron chi connectivity index (χ1n) is 35.5. The van der Waals surface area contributed by atoms with Gasteiger partial charge in [0.2, 0.25) is 18.1 Å². The maximum absolute atomic E-state index is 15.7. The zero-order valence-electron chi connectivity index (χ0n) is 58.5. The minimum Gasteiger partial charge on any atom is -0.432 e. The van der Waals surface area contributed by atoms with Gasteiger partial charge >= 0.3 is 5.97 Å². The first kappa shape index (κ1) is 79.7. The molecule has 0 aromatic heterocycles. The van der Waals surface area contributed by atoms with Crippen LogP contribution in [0.1, 0.15) is 173 Å². The van der Waals surface area contributed by atoms with Crippen molar-refractivity contribution in [1.82, 2.24) is 10.6 Å². The number of esters is 1. The highest BCUT2D eigenvalue weighted by Gasteiger charge is 2.79. The van der Waals surface area contributed by atoms with Gasteiger partial charge in [-0.05, 0) is 86.9 Å². The second-order valence-corrected chi connectivity index (χ2v) is 30.7. The van der Waals surface area contributed by atoms with Crippen molar-refractivity contribution in [2.24, 2.45) is 56.7 Å². The second-order valence-electron chi connectivity index (χ2n) is 30.7. The number of hydrogen-bond donors (Lipinski definition) is 16. The van der Waals surface area contributed by atoms with E-state index in [1.807, 2.05) is 55.4 Å². The summed E-state index contributed by atoms with van der Waals surface area (Å²) in [6.45, 7) is 21.0. The molecule has 16 N–H and O–H groups in total. The average molecular weight is 1390 g/mol. The van der Waals surface area contributed by atoms with Gasteiger partial charge in [-0.1, -0.05) is 113 Å². The number of nitrogens with one attached hydrogen (secondary N) is 2. The van der Waals surface area contributed by atoms with E-state index in [4.69, 9.17) is 37.9 Å². The normalized spacial score (nSPS) is 42.9. The zero-order valence-corrected chi connectivity index (χ0v) is 58.5. The van der Waals surface area contributed by atoms with Gasteiger partial charge in [-0.15, -0.1) is 0 Å². The number of rotatable bonds is 31. The predicted molar refractivity (Wildman–Crippen MR) is 342 cm³/mol. The fourth-order valence-electron chi connectivity index (χ4n) is 18.5. The Morgan fingerprint density at radius 1 is 0.722 bits per heavy atom. The van der Waals surface area contributed by atoms with Gasteiger partial charge < -0.3 is 125 Å². The molecule has 28 nitrogen and oxygen atoms in total. The molecule has 2 amide bonds. The molecule has 1 spiro atoms. The fraction of sp³-hybridized carbons (Fsp3) is 0.913. The van der Waals surface area contributed by atoms with E-state index < -0.39 is 225 Å². The third-order valence-corrected chi connectivity index (χ3v) is 24.8. The van der Waals surface area contributed by atoms with E-state index in [2.05, 4.69) is 31.4 Å². The highest BCUT2D eigenvalue weighted by Crippen LogP contribution is 2.85. The number of allylic oxidation sites excluding steroid dienone is 2. The summed E-state index contributed by atoms with van der Waals surface area (Å²) in [6, 6.07) is -2.37. The van der Waals surface area contributed by atoms with Crippen LogP contribution < -0.4 is 10.6 Å². The fourth-order valence-corrected chi connectivity index (χ4v) is 18.5. The molecule has 8 aliphatic rings. The van der Waals surface area contributed by atoms with E-state index in [0.29, 0.717) is 51.4 Å². The van der Waals surface area contributed by atoms with Gasteiger partial charge in [0, 0.05) is 23.3 Å². The first-order valence-corrected chi connectivity index (χ1v) is 35.5. The molecule has 4 aliphatic carbocycles. The lowest BCUT2D eigenvalue weighted by Gasteiger charge is -2.80. The summed E-state index contributed by atoms with van der Waals surface area (Å²) in [5.74, 6) is -3.54. The molecule has 3 saturated carbocycles. The van der Waals surface area contributed by atoms with Crippen LogP contribution in [0.15, 0.2) is 11.1 Å². The number of aliphatic hydroxyl groups is 14. The van der Waals surface area contributed by atoms with Crippen LogP contribution >= 0.6 is 0 Å². The third-order valence-electron chi connectivity index (χ3n) is 24.8. The van der Waals surface area contributed by atoms with Gasteiger partial charge in [-0.2, -0.15) is 0 Å². The lowest BCUT2D eigenvalue weighted by Crippen LogP contribution is -2.75. The number of unbranched alkanes of at least 4 members (excludes halogenated alkanes) is 1. The highest BCUT2D eigenvalue weighted by molar-refractivity contribution is 5.81. The number of ether oxygens (including phenoxy) is 8. The van der Waals surface area contributed by atoms with E-state index in [0.717, 1.165) is 11.9 Å². The number of aldehydes is 1. The number of hydrogen-bond acceptors (Lipinski definition) is 26. The molecule has 4 heterocycles. The number of amides is 2. The maximum atomic E-state index is 15.7. The van der Waals surface area contributed by atoms with Gasteiger partial charge in [-0.25, -0.2) is 0 Å². The molecule has 0 bridgehead atoms. The zero-order chi connectivity index (χ0) is 71.9. The van der Waals surface area contributed by atoms with Crippen LogP contribution in [-0.2, 0) is 57.1 Å². The summed E-state index contributed by atoms with van der Waals surface area (Å²) >= 11 is 0. The molecule has 4 saturated heterocycles. The van der Waals surface area contributed by atoms with Crippen LogP contribution in [0.5, 0.6) is 0 Å². The Morgan fingerprint density at radius 2 is 1.33 bits per heavy atom. The van der Waals surface area contributed by atoms with Crippen molar-refractivity contribution in [2.45, 2.75) is 320 Å². The smallest absolute Gasteiger partial charge is 0.317 e. The molecular formula is C69H116N2O26. The van der Waals surface area contributed by atoms with E-state index in [9.17, 15) is 85.9 Å². The van der Waals surface area contributed by atoms with Gasteiger partial charge in [0.25, 0.3) is 0 Å². The van der Waals surface area contributed by atoms with Crippen LogP contribution in [0.3, 0.4) is 0 Å². The summed E-state index contributed by atoms with van der Waals surface area (Å²) in [5, 5.41) is 161. The molecular weight excluding hydrogens is 1270 g/mol. The van der Waals surface area contributed by atoms with Gasteiger partial charge in [0.15, 0.2) is 25.0 Å². The Bertz CT molecular complexity index is 2690. The van der Waals surface area contributed by atoms with Crippen LogP contribution in [0.25, 0.3) is 0 Å². The molecule has 7 fully saturated rings. The number of carbonyl (C=O) groups is 4. The summed E-state index contributed by atoms with van der Waals surface area (Å²) in [5.41, 5.74) is -1.71. The standard InChI is InChI=1S/C69H116N2O26/c1-13-17-19-68(33(7)49-37-25-44-65(9,10)43(66(11,30-74)45(78)16-4)18-20-69(37,44)67(49,12)26-46(68)79)64(89)97-63-59(96-61-57(88)54(85)58(34(8)91-61)95-60-55(86)51(82)39(77)29-90-60)53(84)50(41(27-72)93-63)71-48(81)23-35(75)21-38(31(5)14-2)70-47(80)24-36(76)22-40(32(6)15-3)92-62-56(87)52(83)42(28-73)94-62/h30-36,38-46,50-63,72-73,75-79,82-88H,13-29H2,1-12H3,(H,70,80)(H,71,81)/t31-,32-,33?,34+,35-,36-,38-,39+,40-,41+,42-,43+,44?,45?,46+,50?,51?,52?,53?,54?,55?,56?,57?,58?,59?,60-,61-,62+,63-,66?,67+,68?,69-/m0/s1. The Balaban J connectivity index is 1.01. The highest BCUT2D eigenvalue weighted by atomic mass is 16.8. The van der Waals surface area contributed by atoms with Crippen molar-refractivity contribution >= 4 is 24.1 Å². The minimum atomic E-state index is -2.05. The molecule has 0 radical (unpaired) electrons. The van der Waals surface area contributed by atoms with E-state index in [1.165, 1.54) is 12.5 Å². The molecule has 33 atom stereocenters. The topological polar surface area (TPSA) is 449 Å². The van der Waals surface area contributed by atoms with Crippen LogP contribution in [0, 0.1) is 56.7 Å². The quantitative estimate of drug-likeness (QED) is 0.0242. The summed E-state index contributed by atoms with van der Waals surface area (Å²) in [6.07, 6.45) is -28.9. The van der Waals surface area contributed by atoms with Crippen molar-refractivity contribution in [3.05, 3.63) is 11.1 Å². The Labute approximate surface area is 569 Å². The summed E-state index contributed by atoms with van der Waals surface area (Å²) in [7, 11) is 0. The second kappa shape index (κ2) is 31.9. The first-order chi connectivity index (χ1) is 45.6. The molecule has 28 heteroatoms. The predicted octanol–water partition coefficient (Wildman–Crippen LogP) is -0.236. The number of carbonyl (C=O) groups excluding carboxylic acids is 4. The molecule has 8 rings (SSSR count). The van der Waals surface area contributed by atoms with E-state index in [1.54, 1.807) is 0 Å². The van der Waals surface area contributed by atoms with Crippen molar-refractivity contribution in [3.8, 4) is 0 Å². The monoisotopic (exact) mass is 1390 g/mol. The molecule has 0 aromatic rings. The average Bonchev–Trinajstić information content (AvgIpc) is 0.713. The van der Waals surface area contributed by atoms with Crippen LogP contribution in [0.4, 0.5) is 0 Å². The Morgan fingerprint density at radius 3 is 1.94 bits per heavy atom. The van der Waals surface area contributed by atoms with Crippen molar-refractivity contribution in [2.75, 3.05) is 19.8 Å². The lowest BCUT2D eigenvalue weighted by atomic mass is 9.23. The van der Waals surface area contributed by atoms with Crippen molar-refractivity contribution in [3.63, 3.8) is 0 Å². The van der Waals surface area contributed by atoms with Crippen molar-refractivity contribution < 1.29 is 129 Å². The SMILES string of the molecule is CCCCC1(C(=O)O[C@@H]2O[C@H](CO)C(NC(=O)C[C@@H](O)C[C@H](NC(=O)C[C@@H](O)C[C@H](O[C@@H]3O[C@@H](CO)C(O)C3O)[C@@H](C)CC)[C@@H](C)CC)C(O)C2O[C@@H]2O[C@H](C)C(O[C@@H]3OC[C@@H](O)C(O)C3O)C(O)C2O)C(C)C2=C3CC4C(C)(C)[C@H](C(C)(C=O)C(O)CC)CC[C@]34[C@]2(C)C[C@H]1O. The van der Waals surface area contributed by atoms with Crippen LogP contribution in [-0.4, -0.2) is 262 Å².